The van der Waals surface area contributed by atoms with Crippen molar-refractivity contribution in [3.05, 3.63) is 41.5 Å². The molecule has 1 saturated carbocycles. The molecule has 1 aliphatic carbocycles. The van der Waals surface area contributed by atoms with Crippen molar-refractivity contribution in [1.82, 2.24) is 4.90 Å². The molecule has 4 nitrogen and oxygen atoms in total. The summed E-state index contributed by atoms with van der Waals surface area (Å²) in [4.78, 5) is 32.4. The summed E-state index contributed by atoms with van der Waals surface area (Å²) in [6.45, 7) is 3.68. The Morgan fingerprint density at radius 2 is 2.17 bits per heavy atom. The van der Waals surface area contributed by atoms with Gasteiger partial charge < -0.3 is 4.79 Å². The van der Waals surface area contributed by atoms with Crippen LogP contribution in [0.1, 0.15) is 18.9 Å². The highest BCUT2D eigenvalue weighted by Crippen LogP contribution is 2.58. The van der Waals surface area contributed by atoms with Gasteiger partial charge in [-0.05, 0) is 25.0 Å². The van der Waals surface area contributed by atoms with Gasteiger partial charge in [0, 0.05) is 24.9 Å². The largest absolute Gasteiger partial charge is 0.303 e. The van der Waals surface area contributed by atoms with E-state index in [1.54, 1.807) is 0 Å². The van der Waals surface area contributed by atoms with Crippen LogP contribution in [0.5, 0.6) is 0 Å². The van der Waals surface area contributed by atoms with Crippen molar-refractivity contribution in [2.24, 2.45) is 16.8 Å². The lowest BCUT2D eigenvalue weighted by atomic mass is 9.56. The Labute approximate surface area is 134 Å². The van der Waals surface area contributed by atoms with E-state index in [0.717, 1.165) is 37.0 Å². The van der Waals surface area contributed by atoms with Crippen molar-refractivity contribution in [2.75, 3.05) is 13.1 Å². The molecule has 0 radical (unpaired) electrons. The average molecular weight is 306 g/mol. The lowest BCUT2D eigenvalue weighted by Crippen LogP contribution is -2.57. The zero-order chi connectivity index (χ0) is 15.8. The Balaban J connectivity index is 1.83. The molecule has 0 amide bonds. The molecule has 1 unspecified atom stereocenters. The zero-order valence-electron chi connectivity index (χ0n) is 13.0. The molecule has 116 valence electrons. The molecule has 5 atom stereocenters. The number of nitrogens with zero attached hydrogens (tertiary/aromatic N) is 2. The van der Waals surface area contributed by atoms with Crippen LogP contribution in [0.4, 0.5) is 5.69 Å². The number of rotatable bonds is 1. The fourth-order valence-corrected chi connectivity index (χ4v) is 5.42. The summed E-state index contributed by atoms with van der Waals surface area (Å²) in [6, 6.07) is 7.76. The maximum absolute atomic E-state index is 13.2. The third-order valence-corrected chi connectivity index (χ3v) is 6.36. The summed E-state index contributed by atoms with van der Waals surface area (Å²) < 4.78 is 0. The Bertz CT molecular complexity index is 809. The third-order valence-electron chi connectivity index (χ3n) is 6.36. The summed E-state index contributed by atoms with van der Waals surface area (Å²) in [5, 5.41) is 0. The molecule has 1 spiro atoms. The van der Waals surface area contributed by atoms with Gasteiger partial charge in [0.15, 0.2) is 5.78 Å². The highest BCUT2D eigenvalue weighted by molar-refractivity contribution is 6.48. The molecule has 1 aromatic carbocycles. The van der Waals surface area contributed by atoms with Gasteiger partial charge in [-0.15, -0.1) is 0 Å². The van der Waals surface area contributed by atoms with Crippen LogP contribution in [0.2, 0.25) is 0 Å². The summed E-state index contributed by atoms with van der Waals surface area (Å²) in [6.07, 6.45) is 4.01. The molecule has 4 bridgehead atoms. The van der Waals surface area contributed by atoms with Gasteiger partial charge >= 0.3 is 0 Å². The number of hydrogen-bond donors (Lipinski definition) is 0. The van der Waals surface area contributed by atoms with E-state index in [2.05, 4.69) is 17.0 Å². The number of aldehydes is 1. The molecule has 23 heavy (non-hydrogen) atoms. The molecular weight excluding hydrogens is 288 g/mol. The van der Waals surface area contributed by atoms with E-state index in [1.165, 1.54) is 5.57 Å². The summed E-state index contributed by atoms with van der Waals surface area (Å²) in [5.41, 5.74) is 3.31. The number of para-hydroxylation sites is 1. The molecule has 4 heterocycles. The minimum absolute atomic E-state index is 0.0117. The number of ketones is 1. The minimum Gasteiger partial charge on any atom is -0.303 e. The summed E-state index contributed by atoms with van der Waals surface area (Å²) in [5.74, 6) is -0.0393. The first-order valence-electron chi connectivity index (χ1n) is 8.29. The van der Waals surface area contributed by atoms with Crippen molar-refractivity contribution in [1.29, 1.82) is 0 Å². The highest BCUT2D eigenvalue weighted by Gasteiger charge is 2.66. The van der Waals surface area contributed by atoms with Crippen LogP contribution < -0.4 is 0 Å². The number of fused-ring (bicyclic) bond motifs is 2. The Kier molecular flexibility index (Phi) is 2.48. The number of carbonyl (C=O) groups is 2. The predicted molar refractivity (Wildman–Crippen MR) is 87.0 cm³/mol. The van der Waals surface area contributed by atoms with E-state index in [1.807, 2.05) is 25.1 Å². The molecular formula is C19H18N2O2. The number of Topliss-reactive ketones (excluding diaryl/α,β-unsaturated/α-hetero) is 1. The van der Waals surface area contributed by atoms with Gasteiger partial charge in [-0.1, -0.05) is 29.8 Å². The van der Waals surface area contributed by atoms with Gasteiger partial charge in [0.2, 0.25) is 0 Å². The van der Waals surface area contributed by atoms with Crippen LogP contribution in [-0.4, -0.2) is 41.8 Å². The number of allylic oxidation sites excluding steroid dienone is 1. The van der Waals surface area contributed by atoms with Crippen LogP contribution in [0, 0.1) is 11.8 Å². The lowest BCUT2D eigenvalue weighted by Gasteiger charge is -2.43. The molecule has 1 aromatic rings. The summed E-state index contributed by atoms with van der Waals surface area (Å²) >= 11 is 0. The summed E-state index contributed by atoms with van der Waals surface area (Å²) in [7, 11) is 0. The quantitative estimate of drug-likeness (QED) is 0.589. The van der Waals surface area contributed by atoms with Crippen LogP contribution in [0.25, 0.3) is 0 Å². The Hall–Kier alpha value is -2.07. The first-order chi connectivity index (χ1) is 11.2. The molecule has 4 aliphatic heterocycles. The maximum Gasteiger partial charge on any atom is 0.195 e. The molecule has 4 heteroatoms. The monoisotopic (exact) mass is 306 g/mol. The lowest BCUT2D eigenvalue weighted by molar-refractivity contribution is -0.121. The van der Waals surface area contributed by atoms with Crippen molar-refractivity contribution in [3.63, 3.8) is 0 Å². The first kappa shape index (κ1) is 13.4. The fourth-order valence-electron chi connectivity index (χ4n) is 5.42. The van der Waals surface area contributed by atoms with Crippen molar-refractivity contribution < 1.29 is 9.59 Å². The molecule has 4 fully saturated rings. The fraction of sp³-hybridized carbons (Fsp3) is 0.421. The molecule has 5 aliphatic rings. The molecule has 3 saturated heterocycles. The number of carbonyl (C=O) groups excluding carboxylic acids is 2. The van der Waals surface area contributed by atoms with Gasteiger partial charge in [-0.2, -0.15) is 0 Å². The minimum atomic E-state index is -0.514. The number of hydrogen-bond acceptors (Lipinski definition) is 4. The van der Waals surface area contributed by atoms with Gasteiger partial charge in [-0.3, -0.25) is 9.69 Å². The average Bonchev–Trinajstić information content (AvgIpc) is 3.02. The van der Waals surface area contributed by atoms with E-state index in [-0.39, 0.29) is 23.7 Å². The van der Waals surface area contributed by atoms with E-state index < -0.39 is 5.41 Å². The second-order valence-electron chi connectivity index (χ2n) is 7.03. The Morgan fingerprint density at radius 1 is 1.35 bits per heavy atom. The van der Waals surface area contributed by atoms with Crippen molar-refractivity contribution in [2.45, 2.75) is 24.8 Å². The standard InChI is InChI=1S/C19H18N2O2/c1-2-11-9-21-8-7-19-12-5-3-4-6-14(12)20-18(19)17(23)16(21)15(11)13(19)10-22/h2-6,10,13,15-16H,7-9H2,1H3/b11-2-/t13-,15-,16-,19-/m0/s1. The highest BCUT2D eigenvalue weighted by atomic mass is 16.1. The second kappa shape index (κ2) is 4.26. The molecule has 6 rings (SSSR count). The number of aliphatic imine (C=N–C) groups is 1. The SMILES string of the molecule is C/C=C1/CN2CC[C@]34C(=Nc5ccccc53)C(=O)[C@@H]2[C@@H]1[C@@H]4C=O. The normalized spacial score (nSPS) is 41.5. The third kappa shape index (κ3) is 1.35. The zero-order valence-corrected chi connectivity index (χ0v) is 13.0. The van der Waals surface area contributed by atoms with Gasteiger partial charge in [-0.25, -0.2) is 4.99 Å². The smallest absolute Gasteiger partial charge is 0.195 e. The van der Waals surface area contributed by atoms with E-state index in [9.17, 15) is 9.59 Å². The van der Waals surface area contributed by atoms with Crippen LogP contribution in [0.15, 0.2) is 40.9 Å². The van der Waals surface area contributed by atoms with Gasteiger partial charge in [0.05, 0.1) is 22.9 Å². The van der Waals surface area contributed by atoms with E-state index in [4.69, 9.17) is 4.99 Å². The van der Waals surface area contributed by atoms with Crippen molar-refractivity contribution >= 4 is 23.5 Å². The van der Waals surface area contributed by atoms with Crippen LogP contribution in [0.3, 0.4) is 0 Å². The predicted octanol–water partition coefficient (Wildman–Crippen LogP) is 2.06. The Morgan fingerprint density at radius 3 is 2.96 bits per heavy atom. The first-order valence-corrected chi connectivity index (χ1v) is 8.29. The number of benzene rings is 1. The second-order valence-corrected chi connectivity index (χ2v) is 7.03. The topological polar surface area (TPSA) is 49.7 Å². The van der Waals surface area contributed by atoms with Crippen LogP contribution in [-0.2, 0) is 15.0 Å². The maximum atomic E-state index is 13.2. The van der Waals surface area contributed by atoms with Crippen molar-refractivity contribution in [3.8, 4) is 0 Å². The van der Waals surface area contributed by atoms with E-state index in [0.29, 0.717) is 5.71 Å². The molecule has 0 aromatic heterocycles. The van der Waals surface area contributed by atoms with Gasteiger partial charge in [0.1, 0.15) is 6.29 Å². The van der Waals surface area contributed by atoms with Crippen LogP contribution >= 0.6 is 0 Å². The van der Waals surface area contributed by atoms with Gasteiger partial charge in [0.25, 0.3) is 0 Å². The van der Waals surface area contributed by atoms with E-state index >= 15 is 0 Å². The molecule has 0 N–H and O–H groups in total.